The van der Waals surface area contributed by atoms with E-state index in [1.165, 1.54) is 0 Å². The first-order valence-electron chi connectivity index (χ1n) is 3.71. The van der Waals surface area contributed by atoms with Gasteiger partial charge in [-0.15, -0.1) is 0 Å². The highest BCUT2D eigenvalue weighted by molar-refractivity contribution is 5.16. The topological polar surface area (TPSA) is 0 Å². The fraction of sp³-hybridized carbons (Fsp3) is 0.833. The Morgan fingerprint density at radius 1 is 0.474 bits per heavy atom. The van der Waals surface area contributed by atoms with Crippen LogP contribution in [0.5, 0.6) is 0 Å². The van der Waals surface area contributed by atoms with Gasteiger partial charge in [-0.25, -0.2) is 4.39 Å². The van der Waals surface area contributed by atoms with E-state index in [2.05, 4.69) is 0 Å². The third-order valence-electron chi connectivity index (χ3n) is 1.85. The van der Waals surface area contributed by atoms with Crippen molar-refractivity contribution in [3.8, 4) is 0 Å². The van der Waals surface area contributed by atoms with Crippen LogP contribution >= 0.6 is 0 Å². The van der Waals surface area contributed by atoms with Gasteiger partial charge in [-0.2, -0.15) is 52.7 Å². The Balaban J connectivity index is 6.45. The molecule has 0 aromatic carbocycles. The maximum atomic E-state index is 12.3. The molecule has 0 aliphatic carbocycles. The molecule has 13 heteroatoms. The largest absolute Gasteiger partial charge is 0.427 e. The molecule has 0 spiro atoms. The summed E-state index contributed by atoms with van der Waals surface area (Å²) in [6, 6.07) is 0. The van der Waals surface area contributed by atoms with Crippen molar-refractivity contribution in [3.63, 3.8) is 0 Å². The van der Waals surface area contributed by atoms with Crippen LogP contribution in [0.3, 0.4) is 0 Å². The molecule has 0 fully saturated rings. The molecule has 0 atom stereocenters. The molecule has 0 saturated heterocycles. The quantitative estimate of drug-likeness (QED) is 0.613. The van der Waals surface area contributed by atoms with Gasteiger partial charge in [-0.3, -0.25) is 0 Å². The zero-order valence-electron chi connectivity index (χ0n) is 7.91. The summed E-state index contributed by atoms with van der Waals surface area (Å²) in [6.45, 7) is 0. The van der Waals surface area contributed by atoms with Gasteiger partial charge in [0.15, 0.2) is 0 Å². The van der Waals surface area contributed by atoms with Gasteiger partial charge in [0.05, 0.1) is 0 Å². The fourth-order valence-corrected chi connectivity index (χ4v) is 1.07. The first-order valence-corrected chi connectivity index (χ1v) is 3.71. The van der Waals surface area contributed by atoms with Crippen LogP contribution in [0.25, 0.3) is 0 Å². The summed E-state index contributed by atoms with van der Waals surface area (Å²) < 4.78 is 155. The van der Waals surface area contributed by atoms with Crippen molar-refractivity contribution in [2.75, 3.05) is 0 Å². The van der Waals surface area contributed by atoms with Gasteiger partial charge in [0, 0.05) is 0 Å². The zero-order chi connectivity index (χ0) is 16.1. The monoisotopic (exact) mass is 319 g/mol. The molecule has 0 unspecified atom stereocenters. The Labute approximate surface area is 94.7 Å². The minimum atomic E-state index is -7.62. The van der Waals surface area contributed by atoms with Crippen LogP contribution in [0.2, 0.25) is 0 Å². The van der Waals surface area contributed by atoms with Gasteiger partial charge in [0.25, 0.3) is 6.17 Å². The Bertz CT molecular complexity index is 274. The number of hydrogen-bond donors (Lipinski definition) is 0. The molecule has 1 radical (unpaired) electrons. The standard InChI is InChI=1S/C6F13/c7-1(3(8,9)10)2(4(11,12)13,5(14,15)16)6(17,18)19. The summed E-state index contributed by atoms with van der Waals surface area (Å²) in [4.78, 5) is 0. The lowest BCUT2D eigenvalue weighted by molar-refractivity contribution is -0.439. The molecule has 0 aliphatic heterocycles. The Hall–Kier alpha value is -0.910. The predicted octanol–water partition coefficient (Wildman–Crippen LogP) is 4.72. The molecule has 0 heterocycles. The molecular formula is C6F13. The van der Waals surface area contributed by atoms with E-state index in [0.29, 0.717) is 0 Å². The van der Waals surface area contributed by atoms with Gasteiger partial charge in [-0.05, 0) is 0 Å². The Kier molecular flexibility index (Phi) is 4.09. The van der Waals surface area contributed by atoms with Gasteiger partial charge in [0.2, 0.25) is 0 Å². The second-order valence-corrected chi connectivity index (χ2v) is 3.06. The maximum absolute atomic E-state index is 12.3. The lowest BCUT2D eigenvalue weighted by Gasteiger charge is -2.39. The van der Waals surface area contributed by atoms with E-state index in [-0.39, 0.29) is 0 Å². The smallest absolute Gasteiger partial charge is 0.228 e. The molecule has 0 amide bonds. The second-order valence-electron chi connectivity index (χ2n) is 3.06. The molecule has 0 rings (SSSR count). The molecule has 0 aliphatic rings. The summed E-state index contributed by atoms with van der Waals surface area (Å²) in [5.74, 6) is 0. The second kappa shape index (κ2) is 4.30. The van der Waals surface area contributed by atoms with E-state index in [9.17, 15) is 57.1 Å². The van der Waals surface area contributed by atoms with E-state index in [4.69, 9.17) is 0 Å². The maximum Gasteiger partial charge on any atom is 0.427 e. The summed E-state index contributed by atoms with van der Waals surface area (Å²) in [5, 5.41) is 0. The number of halogens is 13. The summed E-state index contributed by atoms with van der Waals surface area (Å²) in [6.07, 6.45) is -35.2. The molecule has 0 bridgehead atoms. The molecule has 0 aromatic rings. The van der Waals surface area contributed by atoms with Crippen molar-refractivity contribution in [1.82, 2.24) is 0 Å². The van der Waals surface area contributed by atoms with Crippen molar-refractivity contribution in [3.05, 3.63) is 6.17 Å². The molecule has 0 saturated carbocycles. The number of rotatable bonds is 1. The summed E-state index contributed by atoms with van der Waals surface area (Å²) in [7, 11) is 0. The Morgan fingerprint density at radius 3 is 0.737 bits per heavy atom. The van der Waals surface area contributed by atoms with Crippen LogP contribution in [0.4, 0.5) is 57.1 Å². The molecule has 0 aromatic heterocycles. The summed E-state index contributed by atoms with van der Waals surface area (Å²) >= 11 is 0. The van der Waals surface area contributed by atoms with E-state index in [1.54, 1.807) is 0 Å². The van der Waals surface area contributed by atoms with E-state index < -0.39 is 36.3 Å². The van der Waals surface area contributed by atoms with Crippen LogP contribution in [0, 0.1) is 11.6 Å². The Morgan fingerprint density at radius 2 is 0.684 bits per heavy atom. The molecule has 0 N–H and O–H groups in total. The SMILES string of the molecule is F[C](C(F)(F)F)C(C(F)(F)F)(C(F)(F)F)C(F)(F)F. The average Bonchev–Trinajstić information content (AvgIpc) is 1.92. The zero-order valence-corrected chi connectivity index (χ0v) is 7.91. The van der Waals surface area contributed by atoms with Crippen LogP contribution in [0.1, 0.15) is 0 Å². The van der Waals surface area contributed by atoms with E-state index in [1.807, 2.05) is 0 Å². The highest BCUT2D eigenvalue weighted by Crippen LogP contribution is 2.67. The van der Waals surface area contributed by atoms with Crippen LogP contribution in [-0.4, -0.2) is 24.7 Å². The summed E-state index contributed by atoms with van der Waals surface area (Å²) in [5.41, 5.74) is -7.62. The van der Waals surface area contributed by atoms with Crippen molar-refractivity contribution in [2.45, 2.75) is 24.7 Å². The molecule has 19 heavy (non-hydrogen) atoms. The lowest BCUT2D eigenvalue weighted by atomic mass is 9.79. The first-order chi connectivity index (χ1) is 7.90. The van der Waals surface area contributed by atoms with Crippen molar-refractivity contribution in [1.29, 1.82) is 0 Å². The van der Waals surface area contributed by atoms with Gasteiger partial charge in [0.1, 0.15) is 0 Å². The third-order valence-corrected chi connectivity index (χ3v) is 1.85. The first kappa shape index (κ1) is 18.1. The van der Waals surface area contributed by atoms with E-state index in [0.717, 1.165) is 0 Å². The molecular weight excluding hydrogens is 319 g/mol. The molecule has 0 nitrogen and oxygen atoms in total. The minimum absolute atomic E-state index is 5.24. The number of alkyl halides is 12. The molecule has 115 valence electrons. The van der Waals surface area contributed by atoms with Crippen molar-refractivity contribution < 1.29 is 57.1 Å². The number of hydrogen-bond acceptors (Lipinski definition) is 0. The minimum Gasteiger partial charge on any atom is -0.228 e. The highest BCUT2D eigenvalue weighted by atomic mass is 19.4. The van der Waals surface area contributed by atoms with Crippen LogP contribution in [0.15, 0.2) is 0 Å². The van der Waals surface area contributed by atoms with Crippen molar-refractivity contribution >= 4 is 0 Å². The predicted molar refractivity (Wildman–Crippen MR) is 31.0 cm³/mol. The average molecular weight is 319 g/mol. The van der Waals surface area contributed by atoms with Gasteiger partial charge >= 0.3 is 30.1 Å². The van der Waals surface area contributed by atoms with Gasteiger partial charge < -0.3 is 0 Å². The highest BCUT2D eigenvalue weighted by Gasteiger charge is 2.91. The van der Waals surface area contributed by atoms with Crippen molar-refractivity contribution in [2.24, 2.45) is 5.41 Å². The van der Waals surface area contributed by atoms with Crippen LogP contribution < -0.4 is 0 Å². The van der Waals surface area contributed by atoms with Crippen LogP contribution in [-0.2, 0) is 0 Å². The normalized spacial score (nSPS) is 16.1. The third kappa shape index (κ3) is 2.68. The van der Waals surface area contributed by atoms with E-state index >= 15 is 0 Å². The van der Waals surface area contributed by atoms with Gasteiger partial charge in [-0.1, -0.05) is 0 Å². The fourth-order valence-electron chi connectivity index (χ4n) is 1.07. The lowest BCUT2D eigenvalue weighted by Crippen LogP contribution is -2.64.